The summed E-state index contributed by atoms with van der Waals surface area (Å²) in [5, 5.41) is 3.92. The Bertz CT molecular complexity index is 1570. The number of sulfonamides is 1. The van der Waals surface area contributed by atoms with Crippen molar-refractivity contribution in [3.63, 3.8) is 0 Å². The molecule has 0 radical (unpaired) electrons. The summed E-state index contributed by atoms with van der Waals surface area (Å²) in [6, 6.07) is 18.4. The van der Waals surface area contributed by atoms with Crippen LogP contribution in [-0.2, 0) is 10.0 Å². The molecule has 4 aromatic rings. The van der Waals surface area contributed by atoms with Crippen LogP contribution in [-0.4, -0.2) is 77.7 Å². The SMILES string of the molecule is COc1ccc2sc(N3CCN(CCNC(=O)c4ccc(NS(=O)(=O)c5ccccc5)cc4)CC3)nc2c1OC. The van der Waals surface area contributed by atoms with Crippen LogP contribution in [0.5, 0.6) is 11.5 Å². The molecule has 2 heterocycles. The number of amides is 1. The maximum absolute atomic E-state index is 12.6. The van der Waals surface area contributed by atoms with E-state index in [4.69, 9.17) is 14.5 Å². The van der Waals surface area contributed by atoms with E-state index in [1.807, 2.05) is 12.1 Å². The maximum atomic E-state index is 12.6. The first-order valence-electron chi connectivity index (χ1n) is 12.8. The second-order valence-corrected chi connectivity index (χ2v) is 11.9. The van der Waals surface area contributed by atoms with Gasteiger partial charge in [-0.3, -0.25) is 14.4 Å². The fourth-order valence-corrected chi connectivity index (χ4v) is 6.62. The zero-order chi connectivity index (χ0) is 28.1. The monoisotopic (exact) mass is 581 g/mol. The number of rotatable bonds is 10. The third kappa shape index (κ3) is 6.14. The van der Waals surface area contributed by atoms with Gasteiger partial charge in [0.1, 0.15) is 5.52 Å². The number of carbonyl (C=O) groups excluding carboxylic acids is 1. The van der Waals surface area contributed by atoms with Crippen molar-refractivity contribution in [1.82, 2.24) is 15.2 Å². The summed E-state index contributed by atoms with van der Waals surface area (Å²) in [6.45, 7) is 4.66. The molecule has 1 aromatic heterocycles. The summed E-state index contributed by atoms with van der Waals surface area (Å²) in [5.74, 6) is 1.12. The van der Waals surface area contributed by atoms with Crippen molar-refractivity contribution >= 4 is 48.3 Å². The lowest BCUT2D eigenvalue weighted by Crippen LogP contribution is -2.48. The number of piperazine rings is 1. The molecule has 1 fully saturated rings. The Morgan fingerprint density at radius 3 is 2.35 bits per heavy atom. The molecular formula is C28H31N5O5S2. The molecule has 0 atom stereocenters. The highest BCUT2D eigenvalue weighted by molar-refractivity contribution is 7.92. The van der Waals surface area contributed by atoms with Crippen molar-refractivity contribution in [2.45, 2.75) is 4.90 Å². The Balaban J connectivity index is 1.09. The number of benzene rings is 3. The number of hydrogen-bond donors (Lipinski definition) is 2. The third-order valence-corrected chi connectivity index (χ3v) is 9.18. The maximum Gasteiger partial charge on any atom is 0.261 e. The first-order valence-corrected chi connectivity index (χ1v) is 15.1. The molecule has 2 N–H and O–H groups in total. The highest BCUT2D eigenvalue weighted by Crippen LogP contribution is 2.40. The van der Waals surface area contributed by atoms with Gasteiger partial charge >= 0.3 is 0 Å². The second kappa shape index (κ2) is 12.1. The van der Waals surface area contributed by atoms with Gasteiger partial charge < -0.3 is 19.7 Å². The molecule has 1 aliphatic rings. The van der Waals surface area contributed by atoms with E-state index in [9.17, 15) is 13.2 Å². The van der Waals surface area contributed by atoms with Gasteiger partial charge in [-0.1, -0.05) is 29.5 Å². The lowest BCUT2D eigenvalue weighted by Gasteiger charge is -2.34. The Kier molecular flexibility index (Phi) is 8.38. The van der Waals surface area contributed by atoms with E-state index >= 15 is 0 Å². The molecule has 5 rings (SSSR count). The molecule has 1 saturated heterocycles. The number of anilines is 2. The number of carbonyl (C=O) groups is 1. The van der Waals surface area contributed by atoms with Gasteiger partial charge in [-0.15, -0.1) is 0 Å². The zero-order valence-electron chi connectivity index (χ0n) is 22.3. The third-order valence-electron chi connectivity index (χ3n) is 6.70. The van der Waals surface area contributed by atoms with Crippen molar-refractivity contribution in [3.8, 4) is 11.5 Å². The van der Waals surface area contributed by atoms with E-state index in [2.05, 4.69) is 19.8 Å². The lowest BCUT2D eigenvalue weighted by atomic mass is 10.2. The van der Waals surface area contributed by atoms with E-state index in [1.54, 1.807) is 68.0 Å². The summed E-state index contributed by atoms with van der Waals surface area (Å²) in [6.07, 6.45) is 0. The van der Waals surface area contributed by atoms with Gasteiger partial charge in [0.25, 0.3) is 15.9 Å². The van der Waals surface area contributed by atoms with Gasteiger partial charge in [0.05, 0.1) is 23.8 Å². The van der Waals surface area contributed by atoms with Gasteiger partial charge in [-0.05, 0) is 48.5 Å². The van der Waals surface area contributed by atoms with Gasteiger partial charge in [-0.25, -0.2) is 13.4 Å². The normalized spacial score (nSPS) is 14.2. The fraction of sp³-hybridized carbons (Fsp3) is 0.286. The van der Waals surface area contributed by atoms with Gasteiger partial charge in [0.2, 0.25) is 0 Å². The first-order chi connectivity index (χ1) is 19.4. The predicted octanol–water partition coefficient (Wildman–Crippen LogP) is 3.67. The Labute approximate surface area is 237 Å². The molecule has 0 unspecified atom stereocenters. The van der Waals surface area contributed by atoms with E-state index in [-0.39, 0.29) is 10.8 Å². The van der Waals surface area contributed by atoms with Crippen LogP contribution in [0.4, 0.5) is 10.8 Å². The highest BCUT2D eigenvalue weighted by atomic mass is 32.2. The van der Waals surface area contributed by atoms with Crippen LogP contribution in [0.2, 0.25) is 0 Å². The molecule has 0 saturated carbocycles. The van der Waals surface area contributed by atoms with Crippen molar-refractivity contribution in [3.05, 3.63) is 72.3 Å². The van der Waals surface area contributed by atoms with Gasteiger partial charge in [0.15, 0.2) is 16.6 Å². The minimum atomic E-state index is -3.68. The smallest absolute Gasteiger partial charge is 0.261 e. The van der Waals surface area contributed by atoms with Crippen molar-refractivity contribution in [2.75, 3.05) is 63.1 Å². The Hall–Kier alpha value is -3.87. The number of methoxy groups -OCH3 is 2. The standard InChI is InChI=1S/C28H31N5O5S2/c1-37-23-12-13-24-25(26(23)38-2)30-28(39-24)33-18-16-32(17-19-33)15-14-29-27(34)20-8-10-21(11-9-20)31-40(35,36)22-6-4-3-5-7-22/h3-13,31H,14-19H2,1-2H3,(H,29,34). The molecule has 1 amide bonds. The largest absolute Gasteiger partial charge is 0.493 e. The number of ether oxygens (including phenoxy) is 2. The average Bonchev–Trinajstić information content (AvgIpc) is 3.42. The number of hydrogen-bond acceptors (Lipinski definition) is 9. The number of nitrogens with one attached hydrogen (secondary N) is 2. The molecular weight excluding hydrogens is 550 g/mol. The summed E-state index contributed by atoms with van der Waals surface area (Å²) in [7, 11) is -0.437. The summed E-state index contributed by atoms with van der Waals surface area (Å²) >= 11 is 1.64. The van der Waals surface area contributed by atoms with Gasteiger partial charge in [-0.2, -0.15) is 0 Å². The minimum Gasteiger partial charge on any atom is -0.493 e. The summed E-state index contributed by atoms with van der Waals surface area (Å²) < 4.78 is 39.5. The molecule has 0 bridgehead atoms. The Morgan fingerprint density at radius 2 is 1.68 bits per heavy atom. The molecule has 0 aliphatic carbocycles. The molecule has 3 aromatic carbocycles. The average molecular weight is 582 g/mol. The summed E-state index contributed by atoms with van der Waals surface area (Å²) in [5.41, 5.74) is 1.67. The molecule has 0 spiro atoms. The van der Waals surface area contributed by atoms with Crippen LogP contribution in [0, 0.1) is 0 Å². The quantitative estimate of drug-likeness (QED) is 0.292. The molecule has 12 heteroatoms. The molecule has 210 valence electrons. The van der Waals surface area contributed by atoms with Crippen molar-refractivity contribution < 1.29 is 22.7 Å². The fourth-order valence-electron chi connectivity index (χ4n) is 4.53. The van der Waals surface area contributed by atoms with Crippen molar-refractivity contribution in [2.24, 2.45) is 0 Å². The van der Waals surface area contributed by atoms with Crippen LogP contribution in [0.1, 0.15) is 10.4 Å². The number of fused-ring (bicyclic) bond motifs is 1. The van der Waals surface area contributed by atoms with Crippen LogP contribution in [0.25, 0.3) is 10.2 Å². The van der Waals surface area contributed by atoms with E-state index in [0.29, 0.717) is 29.3 Å². The summed E-state index contributed by atoms with van der Waals surface area (Å²) in [4.78, 5) is 22.2. The van der Waals surface area contributed by atoms with Crippen LogP contribution < -0.4 is 24.4 Å². The molecule has 10 nitrogen and oxygen atoms in total. The zero-order valence-corrected chi connectivity index (χ0v) is 23.9. The second-order valence-electron chi connectivity index (χ2n) is 9.22. The lowest BCUT2D eigenvalue weighted by molar-refractivity contribution is 0.0948. The van der Waals surface area contributed by atoms with E-state index in [1.165, 1.54) is 12.1 Å². The number of aromatic nitrogens is 1. The minimum absolute atomic E-state index is 0.179. The van der Waals surface area contributed by atoms with Crippen LogP contribution in [0.15, 0.2) is 71.6 Å². The van der Waals surface area contributed by atoms with Crippen LogP contribution in [0.3, 0.4) is 0 Å². The number of nitrogens with zero attached hydrogens (tertiary/aromatic N) is 3. The Morgan fingerprint density at radius 1 is 0.950 bits per heavy atom. The van der Waals surface area contributed by atoms with Gasteiger partial charge in [0, 0.05) is 50.5 Å². The van der Waals surface area contributed by atoms with E-state index in [0.717, 1.165) is 48.1 Å². The topological polar surface area (TPSA) is 113 Å². The molecule has 40 heavy (non-hydrogen) atoms. The number of thiazole rings is 1. The van der Waals surface area contributed by atoms with Crippen LogP contribution >= 0.6 is 11.3 Å². The predicted molar refractivity (Wildman–Crippen MR) is 157 cm³/mol. The highest BCUT2D eigenvalue weighted by Gasteiger charge is 2.22. The van der Waals surface area contributed by atoms with Crippen molar-refractivity contribution in [1.29, 1.82) is 0 Å². The first kappa shape index (κ1) is 27.7. The van der Waals surface area contributed by atoms with E-state index < -0.39 is 10.0 Å². The molecule has 1 aliphatic heterocycles.